The Labute approximate surface area is 105 Å². The van der Waals surface area contributed by atoms with Crippen molar-refractivity contribution in [1.29, 1.82) is 0 Å². The van der Waals surface area contributed by atoms with Crippen molar-refractivity contribution < 1.29 is 9.13 Å². The van der Waals surface area contributed by atoms with Crippen LogP contribution in [0.2, 0.25) is 0 Å². The summed E-state index contributed by atoms with van der Waals surface area (Å²) in [5, 5.41) is 9.94. The number of aromatic nitrogens is 2. The smallest absolute Gasteiger partial charge is 0.131 e. The molecule has 96 valence electrons. The van der Waals surface area contributed by atoms with Crippen LogP contribution < -0.4 is 10.1 Å². The topological polar surface area (TPSA) is 49.9 Å². The van der Waals surface area contributed by atoms with Gasteiger partial charge in [-0.05, 0) is 19.1 Å². The van der Waals surface area contributed by atoms with Crippen molar-refractivity contribution >= 4 is 0 Å². The molecule has 1 atom stereocenters. The maximum atomic E-state index is 13.8. The van der Waals surface area contributed by atoms with Crippen LogP contribution in [-0.2, 0) is 6.54 Å². The van der Waals surface area contributed by atoms with E-state index in [1.165, 1.54) is 13.2 Å². The molecule has 2 rings (SSSR count). The van der Waals surface area contributed by atoms with Crippen molar-refractivity contribution in [3.8, 4) is 5.75 Å². The van der Waals surface area contributed by atoms with E-state index < -0.39 is 0 Å². The lowest BCUT2D eigenvalue weighted by Gasteiger charge is -2.15. The number of H-pyrrole nitrogens is 1. The number of aromatic amines is 1. The lowest BCUT2D eigenvalue weighted by molar-refractivity contribution is 0.409. The van der Waals surface area contributed by atoms with Gasteiger partial charge in [0.2, 0.25) is 0 Å². The maximum Gasteiger partial charge on any atom is 0.131 e. The Balaban J connectivity index is 2.02. The molecule has 1 unspecified atom stereocenters. The van der Waals surface area contributed by atoms with E-state index in [4.69, 9.17) is 4.74 Å². The summed E-state index contributed by atoms with van der Waals surface area (Å²) in [4.78, 5) is 0. The standard InChI is InChI=1S/C13H16FN3O/c1-9(15-8-10-5-6-16-17-10)12-4-3-11(18-2)7-13(12)14/h3-7,9,15H,8H2,1-2H3,(H,16,17). The lowest BCUT2D eigenvalue weighted by Crippen LogP contribution is -2.19. The van der Waals surface area contributed by atoms with Crippen molar-refractivity contribution in [2.24, 2.45) is 0 Å². The molecule has 2 N–H and O–H groups in total. The number of nitrogens with zero attached hydrogens (tertiary/aromatic N) is 1. The number of hydrogen-bond acceptors (Lipinski definition) is 3. The highest BCUT2D eigenvalue weighted by Gasteiger charge is 2.11. The maximum absolute atomic E-state index is 13.8. The summed E-state index contributed by atoms with van der Waals surface area (Å²) in [7, 11) is 1.52. The molecule has 1 heterocycles. The SMILES string of the molecule is COc1ccc(C(C)NCc2ccn[nH]2)c(F)c1. The minimum atomic E-state index is -0.265. The predicted octanol–water partition coefficient (Wildman–Crippen LogP) is 2.41. The van der Waals surface area contributed by atoms with Crippen molar-refractivity contribution in [3.05, 3.63) is 47.5 Å². The second kappa shape index (κ2) is 5.64. The van der Waals surface area contributed by atoms with Gasteiger partial charge < -0.3 is 10.1 Å². The number of benzene rings is 1. The quantitative estimate of drug-likeness (QED) is 0.855. The molecule has 4 nitrogen and oxygen atoms in total. The summed E-state index contributed by atoms with van der Waals surface area (Å²) in [6, 6.07) is 6.68. The van der Waals surface area contributed by atoms with E-state index in [1.807, 2.05) is 13.0 Å². The van der Waals surface area contributed by atoms with Gasteiger partial charge in [-0.2, -0.15) is 5.10 Å². The van der Waals surface area contributed by atoms with Crippen LogP contribution >= 0.6 is 0 Å². The van der Waals surface area contributed by atoms with Gasteiger partial charge >= 0.3 is 0 Å². The van der Waals surface area contributed by atoms with Crippen LogP contribution in [-0.4, -0.2) is 17.3 Å². The molecule has 5 heteroatoms. The normalized spacial score (nSPS) is 12.4. The number of ether oxygens (including phenoxy) is 1. The summed E-state index contributed by atoms with van der Waals surface area (Å²) in [5.74, 6) is 0.260. The highest BCUT2D eigenvalue weighted by molar-refractivity contribution is 5.30. The molecule has 18 heavy (non-hydrogen) atoms. The first kappa shape index (κ1) is 12.6. The molecule has 0 spiro atoms. The fourth-order valence-electron chi connectivity index (χ4n) is 1.74. The summed E-state index contributed by atoms with van der Waals surface area (Å²) >= 11 is 0. The number of nitrogens with one attached hydrogen (secondary N) is 2. The zero-order valence-electron chi connectivity index (χ0n) is 10.4. The molecule has 0 aliphatic carbocycles. The third kappa shape index (κ3) is 2.87. The second-order valence-corrected chi connectivity index (χ2v) is 4.07. The molecule has 0 bridgehead atoms. The van der Waals surface area contributed by atoms with Gasteiger partial charge in [0.25, 0.3) is 0 Å². The Morgan fingerprint density at radius 2 is 2.28 bits per heavy atom. The van der Waals surface area contributed by atoms with E-state index in [-0.39, 0.29) is 11.9 Å². The summed E-state index contributed by atoms with van der Waals surface area (Å²) < 4.78 is 18.8. The van der Waals surface area contributed by atoms with E-state index in [0.29, 0.717) is 17.9 Å². The third-order valence-corrected chi connectivity index (χ3v) is 2.83. The third-order valence-electron chi connectivity index (χ3n) is 2.83. The van der Waals surface area contributed by atoms with Crippen LogP contribution in [0.1, 0.15) is 24.2 Å². The highest BCUT2D eigenvalue weighted by atomic mass is 19.1. The molecule has 0 fully saturated rings. The van der Waals surface area contributed by atoms with Crippen LogP contribution in [0.25, 0.3) is 0 Å². The number of halogens is 1. The number of hydrogen-bond donors (Lipinski definition) is 2. The zero-order valence-corrected chi connectivity index (χ0v) is 10.4. The van der Waals surface area contributed by atoms with Crippen LogP contribution in [0.4, 0.5) is 4.39 Å². The van der Waals surface area contributed by atoms with E-state index in [2.05, 4.69) is 15.5 Å². The van der Waals surface area contributed by atoms with Crippen LogP contribution in [0.15, 0.2) is 30.5 Å². The molecule has 0 aliphatic heterocycles. The molecular weight excluding hydrogens is 233 g/mol. The zero-order chi connectivity index (χ0) is 13.0. The predicted molar refractivity (Wildman–Crippen MR) is 66.8 cm³/mol. The van der Waals surface area contributed by atoms with Crippen molar-refractivity contribution in [2.75, 3.05) is 7.11 Å². The first-order valence-electron chi connectivity index (χ1n) is 5.76. The van der Waals surface area contributed by atoms with Gasteiger partial charge in [0.1, 0.15) is 11.6 Å². The number of methoxy groups -OCH3 is 1. The van der Waals surface area contributed by atoms with Crippen molar-refractivity contribution in [2.45, 2.75) is 19.5 Å². The molecule has 0 radical (unpaired) electrons. The summed E-state index contributed by atoms with van der Waals surface area (Å²) in [6.45, 7) is 2.54. The second-order valence-electron chi connectivity index (χ2n) is 4.07. The molecule has 0 saturated heterocycles. The average Bonchev–Trinajstić information content (AvgIpc) is 2.88. The Bertz CT molecular complexity index is 499. The minimum Gasteiger partial charge on any atom is -0.497 e. The Morgan fingerprint density at radius 3 is 2.89 bits per heavy atom. The van der Waals surface area contributed by atoms with Crippen LogP contribution in [0, 0.1) is 5.82 Å². The summed E-state index contributed by atoms with van der Waals surface area (Å²) in [5.41, 5.74) is 1.59. The molecule has 0 saturated carbocycles. The van der Waals surface area contributed by atoms with Gasteiger partial charge in [0.15, 0.2) is 0 Å². The molecule has 0 aliphatic rings. The average molecular weight is 249 g/mol. The van der Waals surface area contributed by atoms with Gasteiger partial charge in [-0.15, -0.1) is 0 Å². The minimum absolute atomic E-state index is 0.0841. The Kier molecular flexibility index (Phi) is 3.94. The fraction of sp³-hybridized carbons (Fsp3) is 0.308. The molecule has 2 aromatic rings. The molecular formula is C13H16FN3O. The Morgan fingerprint density at radius 1 is 1.44 bits per heavy atom. The van der Waals surface area contributed by atoms with Gasteiger partial charge in [-0.3, -0.25) is 5.10 Å². The Hall–Kier alpha value is -1.88. The van der Waals surface area contributed by atoms with Crippen LogP contribution in [0.3, 0.4) is 0 Å². The van der Waals surface area contributed by atoms with Crippen molar-refractivity contribution in [1.82, 2.24) is 15.5 Å². The van der Waals surface area contributed by atoms with E-state index in [1.54, 1.807) is 18.3 Å². The van der Waals surface area contributed by atoms with E-state index in [0.717, 1.165) is 5.69 Å². The van der Waals surface area contributed by atoms with Gasteiger partial charge in [0.05, 0.1) is 7.11 Å². The summed E-state index contributed by atoms with van der Waals surface area (Å²) in [6.07, 6.45) is 1.69. The first-order valence-corrected chi connectivity index (χ1v) is 5.76. The van der Waals surface area contributed by atoms with Gasteiger partial charge in [-0.25, -0.2) is 4.39 Å². The molecule has 0 amide bonds. The van der Waals surface area contributed by atoms with E-state index in [9.17, 15) is 4.39 Å². The monoisotopic (exact) mass is 249 g/mol. The first-order chi connectivity index (χ1) is 8.70. The molecule has 1 aromatic heterocycles. The van der Waals surface area contributed by atoms with E-state index >= 15 is 0 Å². The largest absolute Gasteiger partial charge is 0.497 e. The highest BCUT2D eigenvalue weighted by Crippen LogP contribution is 2.21. The lowest BCUT2D eigenvalue weighted by atomic mass is 10.1. The van der Waals surface area contributed by atoms with Crippen LogP contribution in [0.5, 0.6) is 5.75 Å². The van der Waals surface area contributed by atoms with Crippen molar-refractivity contribution in [3.63, 3.8) is 0 Å². The molecule has 1 aromatic carbocycles. The van der Waals surface area contributed by atoms with Gasteiger partial charge in [0, 0.05) is 36.1 Å². The number of rotatable bonds is 5. The van der Waals surface area contributed by atoms with Gasteiger partial charge in [-0.1, -0.05) is 6.07 Å². The fourth-order valence-corrected chi connectivity index (χ4v) is 1.74.